The van der Waals surface area contributed by atoms with Gasteiger partial charge in [-0.25, -0.2) is 4.79 Å². The predicted octanol–water partition coefficient (Wildman–Crippen LogP) is 3.04. The summed E-state index contributed by atoms with van der Waals surface area (Å²) in [5, 5.41) is 12.2. The highest BCUT2D eigenvalue weighted by molar-refractivity contribution is 5.84. The summed E-state index contributed by atoms with van der Waals surface area (Å²) in [6.45, 7) is 5.24. The molecule has 0 atom stereocenters. The van der Waals surface area contributed by atoms with Crippen LogP contribution < -0.4 is 5.32 Å². The Hall–Kier alpha value is -1.29. The van der Waals surface area contributed by atoms with E-state index in [0.717, 1.165) is 0 Å². The number of rotatable bonds is 4. The molecule has 1 aromatic heterocycles. The normalized spacial score (nSPS) is 19.9. The number of hydrogen-bond acceptors (Lipinski definition) is 3. The van der Waals surface area contributed by atoms with E-state index < -0.39 is 5.97 Å². The zero-order valence-electron chi connectivity index (χ0n) is 11.0. The van der Waals surface area contributed by atoms with Crippen LogP contribution in [0.15, 0.2) is 16.5 Å². The molecule has 0 amide bonds. The van der Waals surface area contributed by atoms with Gasteiger partial charge in [0.2, 0.25) is 5.76 Å². The van der Waals surface area contributed by atoms with Crippen molar-refractivity contribution in [1.29, 1.82) is 0 Å². The third kappa shape index (κ3) is 3.35. The van der Waals surface area contributed by atoms with Crippen molar-refractivity contribution in [2.75, 3.05) is 0 Å². The van der Waals surface area contributed by atoms with Crippen LogP contribution >= 0.6 is 0 Å². The van der Waals surface area contributed by atoms with E-state index in [1.54, 1.807) is 6.07 Å². The van der Waals surface area contributed by atoms with Crippen molar-refractivity contribution in [1.82, 2.24) is 5.32 Å². The van der Waals surface area contributed by atoms with Gasteiger partial charge >= 0.3 is 5.97 Å². The number of carboxylic acids is 1. The Labute approximate surface area is 107 Å². The van der Waals surface area contributed by atoms with Crippen LogP contribution in [0.25, 0.3) is 0 Å². The van der Waals surface area contributed by atoms with Gasteiger partial charge in [0.1, 0.15) is 5.76 Å². The van der Waals surface area contributed by atoms with Crippen molar-refractivity contribution in [3.63, 3.8) is 0 Å². The molecule has 1 fully saturated rings. The van der Waals surface area contributed by atoms with Gasteiger partial charge < -0.3 is 14.8 Å². The first-order valence-electron chi connectivity index (χ1n) is 6.52. The van der Waals surface area contributed by atoms with Crippen LogP contribution in [0.3, 0.4) is 0 Å². The molecular weight excluding hydrogens is 230 g/mol. The van der Waals surface area contributed by atoms with E-state index in [2.05, 4.69) is 19.2 Å². The minimum absolute atomic E-state index is 0.0107. The molecule has 4 nitrogen and oxygen atoms in total. The second-order valence-electron chi connectivity index (χ2n) is 5.89. The number of nitrogens with one attached hydrogen (secondary N) is 1. The van der Waals surface area contributed by atoms with E-state index in [1.807, 2.05) is 0 Å². The van der Waals surface area contributed by atoms with Crippen molar-refractivity contribution in [2.24, 2.45) is 5.41 Å². The quantitative estimate of drug-likeness (QED) is 0.863. The van der Waals surface area contributed by atoms with Gasteiger partial charge in [-0.3, -0.25) is 0 Å². The van der Waals surface area contributed by atoms with Gasteiger partial charge in [0.25, 0.3) is 0 Å². The van der Waals surface area contributed by atoms with Crippen molar-refractivity contribution < 1.29 is 14.3 Å². The summed E-state index contributed by atoms with van der Waals surface area (Å²) in [5.41, 5.74) is 0.472. The SMILES string of the molecule is CC1(C)CCC(NCc2ccc(C(=O)O)o2)CC1. The number of carbonyl (C=O) groups is 1. The van der Waals surface area contributed by atoms with Crippen molar-refractivity contribution in [3.8, 4) is 0 Å². The molecule has 100 valence electrons. The molecule has 2 N–H and O–H groups in total. The molecule has 18 heavy (non-hydrogen) atoms. The van der Waals surface area contributed by atoms with Gasteiger partial charge in [-0.1, -0.05) is 13.8 Å². The fourth-order valence-electron chi connectivity index (χ4n) is 2.44. The molecule has 0 radical (unpaired) electrons. The Morgan fingerprint density at radius 1 is 1.44 bits per heavy atom. The summed E-state index contributed by atoms with van der Waals surface area (Å²) in [5.74, 6) is -0.311. The topological polar surface area (TPSA) is 62.5 Å². The maximum atomic E-state index is 10.7. The molecule has 1 saturated carbocycles. The molecule has 0 aromatic carbocycles. The highest BCUT2D eigenvalue weighted by Gasteiger charge is 2.26. The lowest BCUT2D eigenvalue weighted by Gasteiger charge is -2.34. The smallest absolute Gasteiger partial charge is 0.371 e. The lowest BCUT2D eigenvalue weighted by molar-refractivity contribution is 0.0660. The maximum absolute atomic E-state index is 10.7. The van der Waals surface area contributed by atoms with Gasteiger partial charge in [-0.05, 0) is 43.2 Å². The molecule has 1 aliphatic carbocycles. The predicted molar refractivity (Wildman–Crippen MR) is 68.5 cm³/mol. The van der Waals surface area contributed by atoms with Crippen molar-refractivity contribution >= 4 is 5.97 Å². The molecule has 0 bridgehead atoms. The van der Waals surface area contributed by atoms with E-state index in [0.29, 0.717) is 23.8 Å². The van der Waals surface area contributed by atoms with Crippen LogP contribution in [-0.2, 0) is 6.54 Å². The number of hydrogen-bond donors (Lipinski definition) is 2. The number of furan rings is 1. The summed E-state index contributed by atoms with van der Waals surface area (Å²) in [6, 6.07) is 3.75. The highest BCUT2D eigenvalue weighted by atomic mass is 16.4. The minimum Gasteiger partial charge on any atom is -0.475 e. The molecule has 1 aromatic rings. The van der Waals surface area contributed by atoms with Crippen LogP contribution in [0.4, 0.5) is 0 Å². The standard InChI is InChI=1S/C14H21NO3/c1-14(2)7-5-10(6-8-14)15-9-11-3-4-12(18-11)13(16)17/h3-4,10,15H,5-9H2,1-2H3,(H,16,17). The summed E-state index contributed by atoms with van der Waals surface area (Å²) < 4.78 is 5.22. The average molecular weight is 251 g/mol. The first-order chi connectivity index (χ1) is 8.46. The fourth-order valence-corrected chi connectivity index (χ4v) is 2.44. The Morgan fingerprint density at radius 2 is 2.11 bits per heavy atom. The first kappa shape index (κ1) is 13.1. The monoisotopic (exact) mass is 251 g/mol. The summed E-state index contributed by atoms with van der Waals surface area (Å²) >= 11 is 0. The van der Waals surface area contributed by atoms with E-state index in [4.69, 9.17) is 9.52 Å². The molecule has 2 rings (SSSR count). The Morgan fingerprint density at radius 3 is 2.67 bits per heavy atom. The first-order valence-corrected chi connectivity index (χ1v) is 6.52. The summed E-state index contributed by atoms with van der Waals surface area (Å²) in [6.07, 6.45) is 4.84. The molecule has 1 aliphatic rings. The van der Waals surface area contributed by atoms with Crippen LogP contribution in [-0.4, -0.2) is 17.1 Å². The van der Waals surface area contributed by atoms with Gasteiger partial charge in [0.05, 0.1) is 6.54 Å². The average Bonchev–Trinajstić information content (AvgIpc) is 2.76. The number of aromatic carboxylic acids is 1. The lowest BCUT2D eigenvalue weighted by atomic mass is 9.75. The van der Waals surface area contributed by atoms with Crippen LogP contribution in [0.5, 0.6) is 0 Å². The maximum Gasteiger partial charge on any atom is 0.371 e. The zero-order valence-corrected chi connectivity index (χ0v) is 11.0. The largest absolute Gasteiger partial charge is 0.475 e. The zero-order chi connectivity index (χ0) is 13.2. The van der Waals surface area contributed by atoms with Gasteiger partial charge in [-0.2, -0.15) is 0 Å². The van der Waals surface area contributed by atoms with Gasteiger partial charge in [-0.15, -0.1) is 0 Å². The van der Waals surface area contributed by atoms with Gasteiger partial charge in [0, 0.05) is 6.04 Å². The van der Waals surface area contributed by atoms with Crippen LogP contribution in [0, 0.1) is 5.41 Å². The van der Waals surface area contributed by atoms with E-state index >= 15 is 0 Å². The minimum atomic E-state index is -1.01. The van der Waals surface area contributed by atoms with E-state index in [-0.39, 0.29) is 5.76 Å². The van der Waals surface area contributed by atoms with Crippen LogP contribution in [0.2, 0.25) is 0 Å². The Kier molecular flexibility index (Phi) is 3.76. The molecule has 0 unspecified atom stereocenters. The third-order valence-corrected chi connectivity index (χ3v) is 3.78. The molecule has 1 heterocycles. The van der Waals surface area contributed by atoms with Gasteiger partial charge in [0.15, 0.2) is 0 Å². The summed E-state index contributed by atoms with van der Waals surface area (Å²) in [4.78, 5) is 10.7. The van der Waals surface area contributed by atoms with E-state index in [9.17, 15) is 4.79 Å². The molecular formula is C14H21NO3. The third-order valence-electron chi connectivity index (χ3n) is 3.78. The number of carboxylic acid groups (broad SMARTS) is 1. The Bertz CT molecular complexity index is 412. The summed E-state index contributed by atoms with van der Waals surface area (Å²) in [7, 11) is 0. The lowest BCUT2D eigenvalue weighted by Crippen LogP contribution is -2.35. The Balaban J connectivity index is 1.79. The fraction of sp³-hybridized carbons (Fsp3) is 0.643. The van der Waals surface area contributed by atoms with E-state index in [1.165, 1.54) is 31.7 Å². The highest BCUT2D eigenvalue weighted by Crippen LogP contribution is 2.35. The van der Waals surface area contributed by atoms with Crippen LogP contribution in [0.1, 0.15) is 55.8 Å². The second-order valence-corrected chi connectivity index (χ2v) is 5.89. The molecule has 0 aliphatic heterocycles. The molecule has 4 heteroatoms. The molecule has 0 spiro atoms. The second kappa shape index (κ2) is 5.14. The van der Waals surface area contributed by atoms with Crippen molar-refractivity contribution in [2.45, 2.75) is 52.1 Å². The van der Waals surface area contributed by atoms with Crippen molar-refractivity contribution in [3.05, 3.63) is 23.7 Å². The molecule has 0 saturated heterocycles.